The lowest BCUT2D eigenvalue weighted by Gasteiger charge is -2.08. The lowest BCUT2D eigenvalue weighted by atomic mass is 10.3. The van der Waals surface area contributed by atoms with Gasteiger partial charge in [0.05, 0.1) is 23.9 Å². The van der Waals surface area contributed by atoms with Crippen LogP contribution in [0.15, 0.2) is 36.5 Å². The average molecular weight is 353 g/mol. The number of carbonyl (C=O) groups is 1. The van der Waals surface area contributed by atoms with Gasteiger partial charge in [-0.25, -0.2) is 4.68 Å². The highest BCUT2D eigenvalue weighted by Crippen LogP contribution is 2.29. The highest BCUT2D eigenvalue weighted by atomic mass is 16.6. The highest BCUT2D eigenvalue weighted by molar-refractivity contribution is 6.06. The molecule has 2 N–H and O–H groups in total. The number of aromatic amines is 1. The summed E-state index contributed by atoms with van der Waals surface area (Å²) < 4.78 is 6.12. The van der Waals surface area contributed by atoms with Gasteiger partial charge in [-0.1, -0.05) is 18.2 Å². The van der Waals surface area contributed by atoms with E-state index in [4.69, 9.17) is 4.74 Å². The van der Waals surface area contributed by atoms with Crippen LogP contribution in [0.3, 0.4) is 0 Å². The van der Waals surface area contributed by atoms with Crippen molar-refractivity contribution >= 4 is 17.4 Å². The SMILES string of the molecule is COc1n[nH]c(C(=O)Nc2c(C#N)cnn2-c2ccccc2)c1[N+](=O)[O-]. The first-order valence-electron chi connectivity index (χ1n) is 7.18. The number of anilines is 1. The number of amides is 1. The van der Waals surface area contributed by atoms with Gasteiger partial charge in [0.2, 0.25) is 5.69 Å². The van der Waals surface area contributed by atoms with E-state index < -0.39 is 22.2 Å². The smallest absolute Gasteiger partial charge is 0.362 e. The van der Waals surface area contributed by atoms with Gasteiger partial charge in [0.15, 0.2) is 5.82 Å². The second kappa shape index (κ2) is 6.73. The quantitative estimate of drug-likeness (QED) is 0.522. The Morgan fingerprint density at radius 1 is 1.42 bits per heavy atom. The van der Waals surface area contributed by atoms with Crippen LogP contribution in [0.5, 0.6) is 5.88 Å². The largest absolute Gasteiger partial charge is 0.475 e. The van der Waals surface area contributed by atoms with Crippen LogP contribution in [0.25, 0.3) is 5.69 Å². The first-order chi connectivity index (χ1) is 12.6. The molecule has 1 aromatic carbocycles. The summed E-state index contributed by atoms with van der Waals surface area (Å²) in [5.74, 6) is -1.11. The number of nitrogens with one attached hydrogen (secondary N) is 2. The Labute approximate surface area is 146 Å². The molecule has 26 heavy (non-hydrogen) atoms. The van der Waals surface area contributed by atoms with Crippen molar-refractivity contribution in [1.82, 2.24) is 20.0 Å². The number of para-hydroxylation sites is 1. The van der Waals surface area contributed by atoms with Crippen molar-refractivity contribution in [3.63, 3.8) is 0 Å². The summed E-state index contributed by atoms with van der Waals surface area (Å²) in [7, 11) is 1.20. The lowest BCUT2D eigenvalue weighted by molar-refractivity contribution is -0.386. The number of hydrogen-bond acceptors (Lipinski definition) is 7. The van der Waals surface area contributed by atoms with Crippen LogP contribution in [-0.2, 0) is 0 Å². The Morgan fingerprint density at radius 2 is 2.15 bits per heavy atom. The number of nitrogens with zero attached hydrogens (tertiary/aromatic N) is 5. The van der Waals surface area contributed by atoms with Crippen molar-refractivity contribution in [1.29, 1.82) is 5.26 Å². The zero-order valence-corrected chi connectivity index (χ0v) is 13.3. The van der Waals surface area contributed by atoms with E-state index in [1.54, 1.807) is 30.3 Å². The van der Waals surface area contributed by atoms with E-state index in [0.717, 1.165) is 0 Å². The normalized spacial score (nSPS) is 10.2. The molecular formula is C15H11N7O4. The number of benzene rings is 1. The van der Waals surface area contributed by atoms with Crippen molar-refractivity contribution < 1.29 is 14.5 Å². The first-order valence-corrected chi connectivity index (χ1v) is 7.18. The molecule has 0 radical (unpaired) electrons. The zero-order valence-electron chi connectivity index (χ0n) is 13.3. The number of carbonyl (C=O) groups excluding carboxylic acids is 1. The molecule has 3 aromatic rings. The van der Waals surface area contributed by atoms with Crippen molar-refractivity contribution in [2.24, 2.45) is 0 Å². The molecule has 0 unspecified atom stereocenters. The third kappa shape index (κ3) is 2.82. The minimum Gasteiger partial charge on any atom is -0.475 e. The molecule has 130 valence electrons. The predicted molar refractivity (Wildman–Crippen MR) is 88.0 cm³/mol. The van der Waals surface area contributed by atoms with Gasteiger partial charge < -0.3 is 10.1 Å². The molecular weight excluding hydrogens is 342 g/mol. The van der Waals surface area contributed by atoms with Gasteiger partial charge in [0.1, 0.15) is 11.6 Å². The van der Waals surface area contributed by atoms with E-state index in [0.29, 0.717) is 5.69 Å². The summed E-state index contributed by atoms with van der Waals surface area (Å²) >= 11 is 0. The van der Waals surface area contributed by atoms with E-state index in [1.165, 1.54) is 18.0 Å². The first kappa shape index (κ1) is 16.7. The molecule has 11 nitrogen and oxygen atoms in total. The number of rotatable bonds is 5. The molecule has 0 aliphatic carbocycles. The van der Waals surface area contributed by atoms with Crippen LogP contribution < -0.4 is 10.1 Å². The van der Waals surface area contributed by atoms with Crippen LogP contribution in [0, 0.1) is 21.4 Å². The van der Waals surface area contributed by atoms with E-state index in [2.05, 4.69) is 20.6 Å². The summed E-state index contributed by atoms with van der Waals surface area (Å²) in [6.07, 6.45) is 1.28. The summed E-state index contributed by atoms with van der Waals surface area (Å²) in [5.41, 5.74) is -0.317. The Balaban J connectivity index is 2.01. The van der Waals surface area contributed by atoms with Crippen LogP contribution in [0.1, 0.15) is 16.1 Å². The van der Waals surface area contributed by atoms with Crippen molar-refractivity contribution in [3.8, 4) is 17.6 Å². The van der Waals surface area contributed by atoms with E-state index in [9.17, 15) is 20.2 Å². The number of hydrogen-bond donors (Lipinski definition) is 2. The standard InChI is InChI=1S/C15H11N7O4/c1-26-15-12(22(24)25)11(19-20-15)14(23)18-13-9(7-16)8-17-21(13)10-5-3-2-4-6-10/h2-6,8H,1H3,(H,18,23)(H,19,20). The number of nitro groups is 1. The Morgan fingerprint density at radius 3 is 2.77 bits per heavy atom. The maximum atomic E-state index is 12.5. The Hall–Kier alpha value is -4.20. The molecule has 0 saturated heterocycles. The maximum Gasteiger partial charge on any atom is 0.362 e. The molecule has 3 rings (SSSR count). The maximum absolute atomic E-state index is 12.5. The topological polar surface area (TPSA) is 152 Å². The van der Waals surface area contributed by atoms with Crippen LogP contribution >= 0.6 is 0 Å². The summed E-state index contributed by atoms with van der Waals surface area (Å²) in [6, 6.07) is 10.7. The monoisotopic (exact) mass is 353 g/mol. The molecule has 11 heteroatoms. The fourth-order valence-electron chi connectivity index (χ4n) is 2.28. The second-order valence-corrected chi connectivity index (χ2v) is 4.93. The molecule has 2 aromatic heterocycles. The van der Waals surface area contributed by atoms with Crippen LogP contribution in [0.2, 0.25) is 0 Å². The molecule has 0 saturated carbocycles. The number of aromatic nitrogens is 4. The van der Waals surface area contributed by atoms with Gasteiger partial charge in [-0.05, 0) is 12.1 Å². The highest BCUT2D eigenvalue weighted by Gasteiger charge is 2.31. The second-order valence-electron chi connectivity index (χ2n) is 4.93. The zero-order chi connectivity index (χ0) is 18.7. The lowest BCUT2D eigenvalue weighted by Crippen LogP contribution is -2.17. The van der Waals surface area contributed by atoms with Crippen LogP contribution in [0.4, 0.5) is 11.5 Å². The van der Waals surface area contributed by atoms with Crippen molar-refractivity contribution in [3.05, 3.63) is 57.9 Å². The Bertz CT molecular complexity index is 1020. The van der Waals surface area contributed by atoms with E-state index in [-0.39, 0.29) is 17.3 Å². The molecule has 0 aliphatic heterocycles. The van der Waals surface area contributed by atoms with E-state index >= 15 is 0 Å². The van der Waals surface area contributed by atoms with Gasteiger partial charge in [-0.3, -0.25) is 20.0 Å². The molecule has 2 heterocycles. The molecule has 1 amide bonds. The number of nitriles is 1. The Kier molecular flexibility index (Phi) is 4.31. The van der Waals surface area contributed by atoms with Crippen molar-refractivity contribution in [2.45, 2.75) is 0 Å². The van der Waals surface area contributed by atoms with Gasteiger partial charge in [-0.15, -0.1) is 5.10 Å². The third-order valence-electron chi connectivity index (χ3n) is 3.43. The number of ether oxygens (including phenoxy) is 1. The summed E-state index contributed by atoms with van der Waals surface area (Å²) in [6.45, 7) is 0. The fourth-order valence-corrected chi connectivity index (χ4v) is 2.28. The summed E-state index contributed by atoms with van der Waals surface area (Å²) in [5, 5.41) is 32.9. The average Bonchev–Trinajstić information content (AvgIpc) is 3.26. The van der Waals surface area contributed by atoms with Crippen molar-refractivity contribution in [2.75, 3.05) is 12.4 Å². The molecule has 0 aliphatic rings. The minimum atomic E-state index is -0.860. The van der Waals surface area contributed by atoms with Crippen LogP contribution in [-0.4, -0.2) is 37.9 Å². The van der Waals surface area contributed by atoms with Gasteiger partial charge in [-0.2, -0.15) is 10.4 Å². The summed E-state index contributed by atoms with van der Waals surface area (Å²) in [4.78, 5) is 22.9. The van der Waals surface area contributed by atoms with Gasteiger partial charge in [0, 0.05) is 0 Å². The van der Waals surface area contributed by atoms with E-state index in [1.807, 2.05) is 6.07 Å². The number of H-pyrrole nitrogens is 1. The molecule has 0 bridgehead atoms. The molecule has 0 atom stereocenters. The van der Waals surface area contributed by atoms with Gasteiger partial charge >= 0.3 is 11.6 Å². The third-order valence-corrected chi connectivity index (χ3v) is 3.43. The minimum absolute atomic E-state index is 0.0755. The molecule has 0 spiro atoms. The number of methoxy groups -OCH3 is 1. The molecule has 0 fully saturated rings. The van der Waals surface area contributed by atoms with Gasteiger partial charge in [0.25, 0.3) is 5.91 Å². The predicted octanol–water partition coefficient (Wildman–Crippen LogP) is 1.64. The fraction of sp³-hybridized carbons (Fsp3) is 0.0667.